The van der Waals surface area contributed by atoms with Gasteiger partial charge >= 0.3 is 5.97 Å². The van der Waals surface area contributed by atoms with E-state index in [1.165, 1.54) is 7.11 Å². The Balaban J connectivity index is 0.000000437. The number of esters is 1. The first kappa shape index (κ1) is 18.1. The van der Waals surface area contributed by atoms with E-state index in [4.69, 9.17) is 14.6 Å². The molecule has 0 fully saturated rings. The molecule has 0 saturated carbocycles. The van der Waals surface area contributed by atoms with E-state index in [1.54, 1.807) is 6.92 Å². The Morgan fingerprint density at radius 1 is 1.71 bits per heavy atom. The molecule has 0 aliphatic carbocycles. The summed E-state index contributed by atoms with van der Waals surface area (Å²) in [5.74, 6) is -0.451. The van der Waals surface area contributed by atoms with Gasteiger partial charge in [-0.2, -0.15) is 0 Å². The Morgan fingerprint density at radius 3 is 2.59 bits per heavy atom. The van der Waals surface area contributed by atoms with Gasteiger partial charge in [0, 0.05) is 13.5 Å². The summed E-state index contributed by atoms with van der Waals surface area (Å²) in [4.78, 5) is 10.8. The zero-order chi connectivity index (χ0) is 13.4. The molecule has 4 nitrogen and oxygen atoms in total. The van der Waals surface area contributed by atoms with Crippen molar-refractivity contribution < 1.29 is 19.4 Å². The second kappa shape index (κ2) is 9.97. The van der Waals surface area contributed by atoms with Crippen molar-refractivity contribution in [1.29, 1.82) is 0 Å². The molecule has 6 unspecified atom stereocenters. The number of ether oxygens (including phenoxy) is 2. The quantitative estimate of drug-likeness (QED) is 0.636. The predicted molar refractivity (Wildman–Crippen MR) is 86.0 cm³/mol. The molecule has 0 radical (unpaired) electrons. The van der Waals surface area contributed by atoms with E-state index in [2.05, 4.69) is 26.8 Å². The molecule has 0 aromatic rings. The minimum atomic E-state index is -0.507. The Bertz CT molecular complexity index is 271. The average Bonchev–Trinajstić information content (AvgIpc) is 2.27. The Hall–Kier alpha value is 1.12. The number of rotatable bonds is 3. The molecular weight excluding hydrogens is 315 g/mol. The number of aliphatic hydroxyl groups is 1. The van der Waals surface area contributed by atoms with Crippen molar-refractivity contribution in [3.05, 3.63) is 11.8 Å². The van der Waals surface area contributed by atoms with Gasteiger partial charge < -0.3 is 14.6 Å². The largest absolute Gasteiger partial charge is 0.512 e. The molecule has 6 atom stereocenters. The fourth-order valence-corrected chi connectivity index (χ4v) is 1.04. The fourth-order valence-electron chi connectivity index (χ4n) is 1.04. The lowest BCUT2D eigenvalue weighted by Crippen LogP contribution is -2.33. The van der Waals surface area contributed by atoms with Gasteiger partial charge in [0.2, 0.25) is 0 Å². The molecule has 17 heavy (non-hydrogen) atoms. The molecule has 0 spiro atoms. The molecule has 1 aliphatic heterocycles. The van der Waals surface area contributed by atoms with Crippen molar-refractivity contribution in [2.75, 3.05) is 7.11 Å². The molecule has 0 amide bonds. The van der Waals surface area contributed by atoms with Crippen LogP contribution in [-0.2, 0) is 14.3 Å². The SMILES string of the molecule is COC(C)C1CC(O)=CC(=O)O1.PPP(P)P. The molecule has 0 bridgehead atoms. The van der Waals surface area contributed by atoms with Crippen molar-refractivity contribution in [3.63, 3.8) is 0 Å². The summed E-state index contributed by atoms with van der Waals surface area (Å²) >= 11 is 0. The van der Waals surface area contributed by atoms with Crippen molar-refractivity contribution >= 4 is 47.7 Å². The van der Waals surface area contributed by atoms with Crippen molar-refractivity contribution in [3.8, 4) is 0 Å². The minimum Gasteiger partial charge on any atom is -0.512 e. The molecule has 1 rings (SSSR count). The summed E-state index contributed by atoms with van der Waals surface area (Å²) in [7, 11) is 10.8. The minimum absolute atomic E-state index is 0.0557. The number of cyclic esters (lactones) is 1. The van der Waals surface area contributed by atoms with Crippen LogP contribution in [0.1, 0.15) is 13.3 Å². The highest BCUT2D eigenvalue weighted by atomic mass is 32.8. The van der Waals surface area contributed by atoms with Crippen molar-refractivity contribution in [2.45, 2.75) is 25.6 Å². The van der Waals surface area contributed by atoms with Gasteiger partial charge in [-0.1, -0.05) is 7.96 Å². The van der Waals surface area contributed by atoms with Crippen LogP contribution in [-0.4, -0.2) is 30.4 Å². The predicted octanol–water partition coefficient (Wildman–Crippen LogP) is 3.21. The van der Waals surface area contributed by atoms with Crippen LogP contribution in [0.5, 0.6) is 0 Å². The van der Waals surface area contributed by atoms with Crippen LogP contribution in [0.15, 0.2) is 11.8 Å². The maximum Gasteiger partial charge on any atom is 0.334 e. The first-order valence-corrected chi connectivity index (χ1v) is 13.0. The smallest absolute Gasteiger partial charge is 0.334 e. The van der Waals surface area contributed by atoms with E-state index < -0.39 is 5.97 Å². The number of carbonyl (C=O) groups is 1. The molecule has 100 valence electrons. The van der Waals surface area contributed by atoms with Crippen LogP contribution in [0.25, 0.3) is 0 Å². The fraction of sp³-hybridized carbons (Fsp3) is 0.625. The van der Waals surface area contributed by atoms with Crippen LogP contribution in [0.2, 0.25) is 0 Å². The summed E-state index contributed by atoms with van der Waals surface area (Å²) < 4.78 is 9.88. The first-order valence-electron chi connectivity index (χ1n) is 4.79. The van der Waals surface area contributed by atoms with E-state index in [1.807, 2.05) is 0 Å². The third-order valence-electron chi connectivity index (χ3n) is 2.01. The van der Waals surface area contributed by atoms with Crippen LogP contribution in [0.3, 0.4) is 0 Å². The third-order valence-corrected chi connectivity index (χ3v) is 13.9. The summed E-state index contributed by atoms with van der Waals surface area (Å²) in [6, 6.07) is 0. The van der Waals surface area contributed by atoms with Gasteiger partial charge in [0.25, 0.3) is 0 Å². The monoisotopic (exact) mass is 334 g/mol. The van der Waals surface area contributed by atoms with Gasteiger partial charge in [-0.15, -0.1) is 26.8 Å². The highest BCUT2D eigenvalue weighted by Gasteiger charge is 2.26. The molecule has 1 aliphatic rings. The summed E-state index contributed by atoms with van der Waals surface area (Å²) in [5, 5.41) is 9.10. The number of aliphatic hydroxyl groups excluding tert-OH is 1. The summed E-state index contributed by atoms with van der Waals surface area (Å²) in [6.45, 7) is 2.01. The Kier molecular flexibility index (Phi) is 10.6. The topological polar surface area (TPSA) is 55.8 Å². The lowest BCUT2D eigenvalue weighted by Gasteiger charge is -2.24. The lowest BCUT2D eigenvalue weighted by molar-refractivity contribution is -0.152. The van der Waals surface area contributed by atoms with Crippen molar-refractivity contribution in [1.82, 2.24) is 0 Å². The number of methoxy groups -OCH3 is 1. The van der Waals surface area contributed by atoms with E-state index in [0.29, 0.717) is 6.42 Å². The van der Waals surface area contributed by atoms with Gasteiger partial charge in [-0.05, 0) is 13.9 Å². The zero-order valence-corrected chi connectivity index (χ0v) is 15.1. The molecule has 0 aromatic heterocycles. The van der Waals surface area contributed by atoms with Crippen LogP contribution in [0.4, 0.5) is 0 Å². The van der Waals surface area contributed by atoms with E-state index in [-0.39, 0.29) is 25.0 Å². The van der Waals surface area contributed by atoms with Crippen LogP contribution < -0.4 is 0 Å². The Morgan fingerprint density at radius 2 is 2.24 bits per heavy atom. The molecule has 1 heterocycles. The molecule has 1 N–H and O–H groups in total. The maximum atomic E-state index is 10.8. The molecule has 9 heteroatoms. The van der Waals surface area contributed by atoms with Gasteiger partial charge in [0.15, 0.2) is 0 Å². The van der Waals surface area contributed by atoms with Gasteiger partial charge in [-0.25, -0.2) is 4.79 Å². The van der Waals surface area contributed by atoms with Crippen molar-refractivity contribution in [2.24, 2.45) is 0 Å². The maximum absolute atomic E-state index is 10.8. The number of carbonyl (C=O) groups excluding carboxylic acids is 1. The zero-order valence-electron chi connectivity index (χ0n) is 9.79. The summed E-state index contributed by atoms with van der Waals surface area (Å²) in [5.41, 5.74) is 0. The highest BCUT2D eigenvalue weighted by Crippen LogP contribution is 2.71. The van der Waals surface area contributed by atoms with E-state index in [0.717, 1.165) is 14.0 Å². The normalized spacial score (nSPS) is 21.9. The second-order valence-corrected chi connectivity index (χ2v) is 17.2. The van der Waals surface area contributed by atoms with Crippen LogP contribution in [0, 0.1) is 0 Å². The standard InChI is InChI=1S/C8H12O4.H7P5/c1-5(11-2)7-3-6(9)4-8(10)12-7;1-4-5(2)3/h4-5,7,9H,3H2,1-2H3;4H,1-3H2. The number of hydrogen-bond donors (Lipinski definition) is 1. The highest BCUT2D eigenvalue weighted by molar-refractivity contribution is 8.77. The lowest BCUT2D eigenvalue weighted by atomic mass is 10.1. The summed E-state index contributed by atoms with van der Waals surface area (Å²) in [6.07, 6.45) is 0.858. The average molecular weight is 334 g/mol. The van der Waals surface area contributed by atoms with Gasteiger partial charge in [0.05, 0.1) is 12.2 Å². The molecule has 0 saturated heterocycles. The van der Waals surface area contributed by atoms with Gasteiger partial charge in [-0.3, -0.25) is 0 Å². The first-order chi connectivity index (χ1) is 7.90. The van der Waals surface area contributed by atoms with Gasteiger partial charge in [0.1, 0.15) is 11.9 Å². The van der Waals surface area contributed by atoms with Crippen LogP contribution >= 0.6 is 41.7 Å². The molecular formula is C8H19O4P5. The molecule has 0 aromatic carbocycles. The number of hydrogen-bond acceptors (Lipinski definition) is 4. The Labute approximate surface area is 112 Å². The second-order valence-electron chi connectivity index (χ2n) is 3.29. The third kappa shape index (κ3) is 8.77. The van der Waals surface area contributed by atoms with E-state index in [9.17, 15) is 4.79 Å². The van der Waals surface area contributed by atoms with E-state index >= 15 is 0 Å².